The van der Waals surface area contributed by atoms with Gasteiger partial charge in [0.05, 0.1) is 0 Å². The number of nitrogens with one attached hydrogen (secondary N) is 1. The van der Waals surface area contributed by atoms with Gasteiger partial charge in [-0.05, 0) is 43.2 Å². The molecule has 2 rings (SSSR count). The fourth-order valence-corrected chi connectivity index (χ4v) is 2.20. The van der Waals surface area contributed by atoms with Crippen molar-refractivity contribution in [3.63, 3.8) is 0 Å². The molecule has 0 aliphatic carbocycles. The molecule has 1 amide bonds. The van der Waals surface area contributed by atoms with E-state index in [0.29, 0.717) is 6.54 Å². The molecule has 0 saturated heterocycles. The number of quaternary nitrogens is 1. The molecule has 3 N–H and O–H groups in total. The fraction of sp³-hybridized carbons (Fsp3) is 0.235. The summed E-state index contributed by atoms with van der Waals surface area (Å²) >= 11 is 5.84. The number of hydrogen-bond acceptors (Lipinski definition) is 1. The van der Waals surface area contributed by atoms with Crippen LogP contribution >= 0.6 is 11.6 Å². The first-order chi connectivity index (χ1) is 10.1. The van der Waals surface area contributed by atoms with Crippen LogP contribution in [-0.2, 0) is 11.3 Å². The number of aryl methyl sites for hydroxylation is 1. The largest absolute Gasteiger partial charge is 0.335 e. The van der Waals surface area contributed by atoms with E-state index in [9.17, 15) is 4.79 Å². The van der Waals surface area contributed by atoms with Crippen LogP contribution in [0.4, 0.5) is 5.69 Å². The predicted molar refractivity (Wildman–Crippen MR) is 86.5 cm³/mol. The van der Waals surface area contributed by atoms with E-state index in [1.165, 1.54) is 5.56 Å². The molecule has 0 aliphatic rings. The fourth-order valence-electron chi connectivity index (χ4n) is 2.08. The maximum Gasteiger partial charge on any atom is 0.279 e. The van der Waals surface area contributed by atoms with Gasteiger partial charge in [0.1, 0.15) is 6.54 Å². The van der Waals surface area contributed by atoms with Gasteiger partial charge in [-0.15, -0.1) is 0 Å². The van der Waals surface area contributed by atoms with Gasteiger partial charge in [-0.25, -0.2) is 0 Å². The lowest BCUT2D eigenvalue weighted by Crippen LogP contribution is -2.84. The van der Waals surface area contributed by atoms with Gasteiger partial charge in [-0.1, -0.05) is 35.9 Å². The van der Waals surface area contributed by atoms with Gasteiger partial charge in [0.25, 0.3) is 5.91 Å². The van der Waals surface area contributed by atoms with Crippen LogP contribution in [-0.4, -0.2) is 12.5 Å². The smallest absolute Gasteiger partial charge is 0.279 e. The van der Waals surface area contributed by atoms with Gasteiger partial charge in [0.2, 0.25) is 0 Å². The Labute approximate surface area is 130 Å². The van der Waals surface area contributed by atoms with Crippen LogP contribution in [0.1, 0.15) is 16.7 Å². The summed E-state index contributed by atoms with van der Waals surface area (Å²) in [5.74, 6) is 0.0117. The minimum Gasteiger partial charge on any atom is -0.335 e. The summed E-state index contributed by atoms with van der Waals surface area (Å²) < 4.78 is 0. The summed E-state index contributed by atoms with van der Waals surface area (Å²) in [6.07, 6.45) is 0. The molecule has 0 atom stereocenters. The lowest BCUT2D eigenvalue weighted by atomic mass is 10.1. The molecular weight excluding hydrogens is 284 g/mol. The number of benzene rings is 2. The molecule has 0 spiro atoms. The molecule has 0 unspecified atom stereocenters. The van der Waals surface area contributed by atoms with Crippen molar-refractivity contribution >= 4 is 23.2 Å². The number of amides is 1. The third-order valence-electron chi connectivity index (χ3n) is 3.50. The Morgan fingerprint density at radius 2 is 1.86 bits per heavy atom. The maximum absolute atomic E-state index is 12.0. The van der Waals surface area contributed by atoms with E-state index in [-0.39, 0.29) is 5.91 Å². The van der Waals surface area contributed by atoms with E-state index >= 15 is 0 Å². The number of halogens is 1. The Morgan fingerprint density at radius 1 is 1.14 bits per heavy atom. The molecule has 0 heterocycles. The quantitative estimate of drug-likeness (QED) is 0.876. The Kier molecular flexibility index (Phi) is 5.37. The number of carbonyl (C=O) groups excluding carboxylic acids is 1. The van der Waals surface area contributed by atoms with E-state index in [4.69, 9.17) is 11.6 Å². The van der Waals surface area contributed by atoms with Crippen molar-refractivity contribution in [1.82, 2.24) is 0 Å². The average Bonchev–Trinajstić information content (AvgIpc) is 2.46. The molecule has 0 fully saturated rings. The number of rotatable bonds is 5. The maximum atomic E-state index is 12.0. The molecule has 3 nitrogen and oxygen atoms in total. The van der Waals surface area contributed by atoms with Crippen molar-refractivity contribution in [2.24, 2.45) is 0 Å². The van der Waals surface area contributed by atoms with Crippen LogP contribution in [0.25, 0.3) is 0 Å². The zero-order valence-electron chi connectivity index (χ0n) is 12.3. The normalized spacial score (nSPS) is 10.4. The number of nitrogens with two attached hydrogens (primary N) is 1. The van der Waals surface area contributed by atoms with Crippen LogP contribution in [0.3, 0.4) is 0 Å². The molecule has 2 aromatic rings. The summed E-state index contributed by atoms with van der Waals surface area (Å²) in [6, 6.07) is 13.6. The standard InChI is InChI=1S/C17H19ClN2O/c1-12-4-3-5-16(13(12)2)20-17(21)11-19-10-14-6-8-15(18)9-7-14/h3-9,19H,10-11H2,1-2H3,(H,20,21)/p+1. The van der Waals surface area contributed by atoms with Crippen molar-refractivity contribution in [3.8, 4) is 0 Å². The summed E-state index contributed by atoms with van der Waals surface area (Å²) in [6.45, 7) is 5.22. The molecule has 0 aromatic heterocycles. The van der Waals surface area contributed by atoms with E-state index in [1.807, 2.05) is 61.6 Å². The van der Waals surface area contributed by atoms with Gasteiger partial charge in [0.15, 0.2) is 6.54 Å². The summed E-state index contributed by atoms with van der Waals surface area (Å²) in [4.78, 5) is 12.0. The third kappa shape index (κ3) is 4.59. The van der Waals surface area contributed by atoms with Crippen LogP contribution in [0.2, 0.25) is 5.02 Å². The lowest BCUT2D eigenvalue weighted by molar-refractivity contribution is -0.659. The summed E-state index contributed by atoms with van der Waals surface area (Å²) in [5, 5.41) is 5.66. The Morgan fingerprint density at radius 3 is 2.57 bits per heavy atom. The molecule has 21 heavy (non-hydrogen) atoms. The van der Waals surface area contributed by atoms with Gasteiger partial charge in [-0.2, -0.15) is 0 Å². The number of hydrogen-bond donors (Lipinski definition) is 2. The van der Waals surface area contributed by atoms with Crippen molar-refractivity contribution in [3.05, 3.63) is 64.2 Å². The molecule has 0 saturated carbocycles. The summed E-state index contributed by atoms with van der Waals surface area (Å²) in [5.41, 5.74) is 4.33. The second kappa shape index (κ2) is 7.25. The molecular formula is C17H20ClN2O+. The highest BCUT2D eigenvalue weighted by atomic mass is 35.5. The third-order valence-corrected chi connectivity index (χ3v) is 3.75. The number of anilines is 1. The van der Waals surface area contributed by atoms with Crippen LogP contribution in [0.5, 0.6) is 0 Å². The van der Waals surface area contributed by atoms with E-state index in [0.717, 1.165) is 28.4 Å². The zero-order valence-corrected chi connectivity index (χ0v) is 13.1. The first-order valence-electron chi connectivity index (χ1n) is 6.98. The van der Waals surface area contributed by atoms with E-state index in [1.54, 1.807) is 0 Å². The van der Waals surface area contributed by atoms with E-state index in [2.05, 4.69) is 5.32 Å². The highest BCUT2D eigenvalue weighted by Crippen LogP contribution is 2.17. The second-order valence-corrected chi connectivity index (χ2v) is 5.56. The van der Waals surface area contributed by atoms with Crippen molar-refractivity contribution in [1.29, 1.82) is 0 Å². The molecule has 0 radical (unpaired) electrons. The SMILES string of the molecule is Cc1cccc(NC(=O)C[NH2+]Cc2ccc(Cl)cc2)c1C. The zero-order chi connectivity index (χ0) is 15.2. The van der Waals surface area contributed by atoms with Crippen molar-refractivity contribution in [2.75, 3.05) is 11.9 Å². The van der Waals surface area contributed by atoms with Crippen LogP contribution in [0.15, 0.2) is 42.5 Å². The van der Waals surface area contributed by atoms with Gasteiger partial charge in [-0.3, -0.25) is 4.79 Å². The molecule has 110 valence electrons. The topological polar surface area (TPSA) is 45.7 Å². The minimum atomic E-state index is 0.0117. The molecule has 0 bridgehead atoms. The molecule has 2 aromatic carbocycles. The van der Waals surface area contributed by atoms with Crippen LogP contribution < -0.4 is 10.6 Å². The number of carbonyl (C=O) groups is 1. The second-order valence-electron chi connectivity index (χ2n) is 5.12. The van der Waals surface area contributed by atoms with Gasteiger partial charge in [0, 0.05) is 16.3 Å². The predicted octanol–water partition coefficient (Wildman–Crippen LogP) is 2.66. The molecule has 4 heteroatoms. The first-order valence-corrected chi connectivity index (χ1v) is 7.36. The van der Waals surface area contributed by atoms with Crippen molar-refractivity contribution in [2.45, 2.75) is 20.4 Å². The van der Waals surface area contributed by atoms with Gasteiger partial charge < -0.3 is 10.6 Å². The highest BCUT2D eigenvalue weighted by molar-refractivity contribution is 6.30. The Balaban J connectivity index is 1.82. The van der Waals surface area contributed by atoms with Crippen LogP contribution in [0, 0.1) is 13.8 Å². The summed E-state index contributed by atoms with van der Waals surface area (Å²) in [7, 11) is 0. The first kappa shape index (κ1) is 15.5. The monoisotopic (exact) mass is 303 g/mol. The van der Waals surface area contributed by atoms with Gasteiger partial charge >= 0.3 is 0 Å². The Bertz CT molecular complexity index is 623. The molecule has 0 aliphatic heterocycles. The highest BCUT2D eigenvalue weighted by Gasteiger charge is 2.07. The minimum absolute atomic E-state index is 0.0117. The van der Waals surface area contributed by atoms with Crippen molar-refractivity contribution < 1.29 is 10.1 Å². The lowest BCUT2D eigenvalue weighted by Gasteiger charge is -2.09. The Hall–Kier alpha value is -1.84. The van der Waals surface area contributed by atoms with E-state index < -0.39 is 0 Å². The average molecular weight is 304 g/mol.